The molecule has 0 amide bonds. The van der Waals surface area contributed by atoms with E-state index in [1.165, 1.54) is 12.1 Å². The van der Waals surface area contributed by atoms with Crippen LogP contribution in [0.5, 0.6) is 0 Å². The van der Waals surface area contributed by atoms with Crippen LogP contribution in [-0.4, -0.2) is 23.7 Å². The Balaban J connectivity index is 1.78. The molecule has 152 valence electrons. The number of nitrogens with zero attached hydrogens (tertiary/aromatic N) is 1. The largest absolute Gasteiger partial charge is 0.416 e. The minimum Gasteiger partial charge on any atom is -0.376 e. The zero-order valence-electron chi connectivity index (χ0n) is 16.4. The molecule has 1 atom stereocenters. The summed E-state index contributed by atoms with van der Waals surface area (Å²) in [5, 5.41) is 2.18. The summed E-state index contributed by atoms with van der Waals surface area (Å²) in [5.41, 5.74) is 0.524. The number of rotatable bonds is 6. The van der Waals surface area contributed by atoms with Crippen LogP contribution >= 0.6 is 0 Å². The van der Waals surface area contributed by atoms with Crippen molar-refractivity contribution >= 4 is 0 Å². The number of quaternary nitrogens is 1. The molecule has 1 aromatic carbocycles. The molecule has 1 aromatic heterocycles. The van der Waals surface area contributed by atoms with Gasteiger partial charge in [-0.2, -0.15) is 13.2 Å². The van der Waals surface area contributed by atoms with Gasteiger partial charge in [-0.25, -0.2) is 0 Å². The lowest BCUT2D eigenvalue weighted by molar-refractivity contribution is -0.672. The molecule has 1 aliphatic rings. The van der Waals surface area contributed by atoms with Gasteiger partial charge in [-0.05, 0) is 50.5 Å². The summed E-state index contributed by atoms with van der Waals surface area (Å²) in [4.78, 5) is 4.32. The van der Waals surface area contributed by atoms with Crippen LogP contribution in [-0.2, 0) is 22.9 Å². The second-order valence-electron chi connectivity index (χ2n) is 8.25. The predicted octanol–water partition coefficient (Wildman–Crippen LogP) is 4.08. The molecule has 0 radical (unpaired) electrons. The van der Waals surface area contributed by atoms with Gasteiger partial charge in [-0.3, -0.25) is 4.98 Å². The van der Waals surface area contributed by atoms with Crippen molar-refractivity contribution in [3.8, 4) is 0 Å². The maximum Gasteiger partial charge on any atom is 0.416 e. The van der Waals surface area contributed by atoms with Crippen LogP contribution in [0, 0.1) is 0 Å². The highest BCUT2D eigenvalue weighted by Gasteiger charge is 2.43. The third kappa shape index (κ3) is 5.11. The standard InChI is InChI=1S/C22H27F3N2O/c1-20(2)16-21(10-13-28-20,9-12-26-15-19-8-3-4-11-27-19)17-6-5-7-18(14-17)22(23,24)25/h3-8,11,14,26H,9-10,12-13,15-16H2,1-2H3/p+1/t21-/m0/s1. The Morgan fingerprint density at radius 2 is 1.96 bits per heavy atom. The topological polar surface area (TPSA) is 38.7 Å². The Hall–Kier alpha value is -1.92. The van der Waals surface area contributed by atoms with Crippen molar-refractivity contribution in [3.05, 3.63) is 65.5 Å². The number of hydrogen-bond donors (Lipinski definition) is 1. The fourth-order valence-corrected chi connectivity index (χ4v) is 4.25. The van der Waals surface area contributed by atoms with E-state index >= 15 is 0 Å². The Morgan fingerprint density at radius 3 is 2.64 bits per heavy atom. The SMILES string of the molecule is CC1(C)C[C@@](CC[NH2+]Cc2ccccn2)(c2cccc(C(F)(F)F)c2)CCO1. The smallest absolute Gasteiger partial charge is 0.376 e. The molecule has 1 saturated heterocycles. The second kappa shape index (κ2) is 8.21. The van der Waals surface area contributed by atoms with E-state index in [9.17, 15) is 13.2 Å². The number of nitrogens with two attached hydrogens (primary N) is 1. The fraction of sp³-hybridized carbons (Fsp3) is 0.500. The molecule has 2 aromatic rings. The molecule has 3 nitrogen and oxygen atoms in total. The monoisotopic (exact) mass is 393 g/mol. The number of benzene rings is 1. The average molecular weight is 393 g/mol. The highest BCUT2D eigenvalue weighted by Crippen LogP contribution is 2.44. The number of halogens is 3. The number of pyridine rings is 1. The first-order chi connectivity index (χ1) is 13.2. The first kappa shape index (κ1) is 20.8. The van der Waals surface area contributed by atoms with Crippen molar-refractivity contribution in [2.24, 2.45) is 0 Å². The molecule has 0 aliphatic carbocycles. The van der Waals surface area contributed by atoms with Crippen LogP contribution in [0.2, 0.25) is 0 Å². The first-order valence-corrected chi connectivity index (χ1v) is 9.74. The van der Waals surface area contributed by atoms with E-state index in [1.807, 2.05) is 38.1 Å². The quantitative estimate of drug-likeness (QED) is 0.751. The highest BCUT2D eigenvalue weighted by atomic mass is 19.4. The van der Waals surface area contributed by atoms with Gasteiger partial charge in [0.25, 0.3) is 0 Å². The summed E-state index contributed by atoms with van der Waals surface area (Å²) < 4.78 is 45.7. The van der Waals surface area contributed by atoms with Gasteiger partial charge >= 0.3 is 6.18 Å². The Bertz CT molecular complexity index is 777. The Labute approximate surface area is 164 Å². The van der Waals surface area contributed by atoms with Crippen molar-refractivity contribution in [1.82, 2.24) is 4.98 Å². The molecule has 0 spiro atoms. The minimum absolute atomic E-state index is 0.316. The summed E-state index contributed by atoms with van der Waals surface area (Å²) >= 11 is 0. The molecule has 0 saturated carbocycles. The fourth-order valence-electron chi connectivity index (χ4n) is 4.25. The van der Waals surface area contributed by atoms with Crippen LogP contribution in [0.15, 0.2) is 48.7 Å². The lowest BCUT2D eigenvalue weighted by atomic mass is 9.67. The lowest BCUT2D eigenvalue weighted by Gasteiger charge is -2.45. The van der Waals surface area contributed by atoms with Crippen LogP contribution in [0.3, 0.4) is 0 Å². The molecule has 1 fully saturated rings. The van der Waals surface area contributed by atoms with Crippen LogP contribution in [0.4, 0.5) is 13.2 Å². The number of ether oxygens (including phenoxy) is 1. The van der Waals surface area contributed by atoms with Crippen LogP contribution in [0.1, 0.15) is 49.9 Å². The summed E-state index contributed by atoms with van der Waals surface area (Å²) in [6, 6.07) is 11.7. The van der Waals surface area contributed by atoms with E-state index in [2.05, 4.69) is 10.3 Å². The Kier molecular flexibility index (Phi) is 6.10. The molecule has 6 heteroatoms. The predicted molar refractivity (Wildman–Crippen MR) is 102 cm³/mol. The van der Waals surface area contributed by atoms with E-state index in [4.69, 9.17) is 4.74 Å². The zero-order chi connectivity index (χ0) is 20.3. The van der Waals surface area contributed by atoms with Crippen molar-refractivity contribution in [2.75, 3.05) is 13.2 Å². The van der Waals surface area contributed by atoms with E-state index in [0.29, 0.717) is 13.0 Å². The van der Waals surface area contributed by atoms with E-state index in [1.54, 1.807) is 6.20 Å². The molecule has 28 heavy (non-hydrogen) atoms. The third-order valence-corrected chi connectivity index (χ3v) is 5.55. The van der Waals surface area contributed by atoms with Gasteiger partial charge in [0.05, 0.1) is 23.4 Å². The zero-order valence-corrected chi connectivity index (χ0v) is 16.4. The second-order valence-corrected chi connectivity index (χ2v) is 8.25. The number of hydrogen-bond acceptors (Lipinski definition) is 2. The van der Waals surface area contributed by atoms with Gasteiger partial charge in [0, 0.05) is 24.6 Å². The molecule has 0 bridgehead atoms. The maximum atomic E-state index is 13.3. The van der Waals surface area contributed by atoms with Gasteiger partial charge < -0.3 is 10.1 Å². The highest BCUT2D eigenvalue weighted by molar-refractivity contribution is 5.33. The van der Waals surface area contributed by atoms with Crippen molar-refractivity contribution in [3.63, 3.8) is 0 Å². The van der Waals surface area contributed by atoms with Crippen LogP contribution in [0.25, 0.3) is 0 Å². The minimum atomic E-state index is -4.33. The average Bonchev–Trinajstić information content (AvgIpc) is 2.65. The summed E-state index contributed by atoms with van der Waals surface area (Å²) in [5.74, 6) is 0. The summed E-state index contributed by atoms with van der Waals surface area (Å²) in [6.45, 7) is 6.18. The molecule has 2 N–H and O–H groups in total. The summed E-state index contributed by atoms with van der Waals surface area (Å²) in [6.07, 6.45) is -0.320. The molecule has 2 heterocycles. The Morgan fingerprint density at radius 1 is 1.14 bits per heavy atom. The van der Waals surface area contributed by atoms with Gasteiger partial charge in [0.2, 0.25) is 0 Å². The molecular weight excluding hydrogens is 365 g/mol. The van der Waals surface area contributed by atoms with Gasteiger partial charge in [-0.15, -0.1) is 0 Å². The van der Waals surface area contributed by atoms with Gasteiger partial charge in [0.15, 0.2) is 0 Å². The molecular formula is C22H28F3N2O+. The molecule has 0 unspecified atom stereocenters. The molecule has 1 aliphatic heterocycles. The molecule has 3 rings (SSSR count). The lowest BCUT2D eigenvalue weighted by Crippen LogP contribution is -2.83. The number of aromatic nitrogens is 1. The van der Waals surface area contributed by atoms with E-state index < -0.39 is 11.7 Å². The normalized spacial score (nSPS) is 22.2. The summed E-state index contributed by atoms with van der Waals surface area (Å²) in [7, 11) is 0. The van der Waals surface area contributed by atoms with Gasteiger partial charge in [-0.1, -0.05) is 24.3 Å². The van der Waals surface area contributed by atoms with Crippen molar-refractivity contribution < 1.29 is 23.2 Å². The third-order valence-electron chi connectivity index (χ3n) is 5.55. The maximum absolute atomic E-state index is 13.3. The van der Waals surface area contributed by atoms with E-state index in [0.717, 1.165) is 43.3 Å². The van der Waals surface area contributed by atoms with Gasteiger partial charge in [0.1, 0.15) is 6.54 Å². The number of alkyl halides is 3. The van der Waals surface area contributed by atoms with E-state index in [-0.39, 0.29) is 11.0 Å². The van der Waals surface area contributed by atoms with Crippen molar-refractivity contribution in [1.29, 1.82) is 0 Å². The van der Waals surface area contributed by atoms with Crippen molar-refractivity contribution in [2.45, 2.75) is 56.8 Å². The first-order valence-electron chi connectivity index (χ1n) is 9.74. The van der Waals surface area contributed by atoms with Crippen LogP contribution < -0.4 is 5.32 Å².